The predicted octanol–water partition coefficient (Wildman–Crippen LogP) is 5.05. The second kappa shape index (κ2) is 7.50. The van der Waals surface area contributed by atoms with Crippen LogP contribution in [0.5, 0.6) is 0 Å². The highest BCUT2D eigenvalue weighted by Crippen LogP contribution is 2.23. The monoisotopic (exact) mass is 405 g/mol. The largest absolute Gasteiger partial charge is 0.410 e. The van der Waals surface area contributed by atoms with Crippen LogP contribution in [0, 0.1) is 0 Å². The summed E-state index contributed by atoms with van der Waals surface area (Å²) in [6.45, 7) is 0. The van der Waals surface area contributed by atoms with E-state index in [4.69, 9.17) is 23.2 Å². The van der Waals surface area contributed by atoms with Gasteiger partial charge >= 0.3 is 0 Å². The predicted molar refractivity (Wildman–Crippen MR) is 102 cm³/mol. The summed E-state index contributed by atoms with van der Waals surface area (Å²) < 4.78 is 25.3. The van der Waals surface area contributed by atoms with E-state index in [-0.39, 0.29) is 9.79 Å². The van der Waals surface area contributed by atoms with E-state index in [1.54, 1.807) is 36.4 Å². The lowest BCUT2D eigenvalue weighted by Gasteiger charge is -2.08. The number of hydrogen-bond acceptors (Lipinski definition) is 4. The Hall–Kier alpha value is -2.34. The maximum absolute atomic E-state index is 12.7. The molecule has 132 valence electrons. The molecule has 0 radical (unpaired) electrons. The minimum absolute atomic E-state index is 0.136. The maximum atomic E-state index is 12.7. The molecular formula is C19H13Cl2NO3S. The molecule has 7 heteroatoms. The first-order valence-corrected chi connectivity index (χ1v) is 9.75. The summed E-state index contributed by atoms with van der Waals surface area (Å²) in [6, 6.07) is 18.9. The van der Waals surface area contributed by atoms with Gasteiger partial charge in [0.05, 0.1) is 9.79 Å². The van der Waals surface area contributed by atoms with Crippen molar-refractivity contribution in [2.45, 2.75) is 9.79 Å². The van der Waals surface area contributed by atoms with E-state index >= 15 is 0 Å². The Morgan fingerprint density at radius 3 is 1.46 bits per heavy atom. The molecular weight excluding hydrogens is 393 g/mol. The maximum Gasteiger partial charge on any atom is 0.206 e. The molecule has 0 aliphatic rings. The number of rotatable bonds is 4. The zero-order chi connectivity index (χ0) is 18.7. The lowest BCUT2D eigenvalue weighted by Crippen LogP contribution is -2.05. The van der Waals surface area contributed by atoms with Crippen molar-refractivity contribution >= 4 is 38.8 Å². The van der Waals surface area contributed by atoms with Crippen molar-refractivity contribution in [3.8, 4) is 0 Å². The molecule has 0 saturated heterocycles. The number of nitrogens with zero attached hydrogens (tertiary/aromatic N) is 1. The minimum atomic E-state index is -3.65. The average molecular weight is 406 g/mol. The highest BCUT2D eigenvalue weighted by molar-refractivity contribution is 7.91. The molecule has 3 aromatic rings. The first kappa shape index (κ1) is 18.5. The van der Waals surface area contributed by atoms with Crippen LogP contribution in [-0.2, 0) is 9.84 Å². The van der Waals surface area contributed by atoms with Crippen molar-refractivity contribution in [1.29, 1.82) is 0 Å². The Morgan fingerprint density at radius 2 is 1.04 bits per heavy atom. The van der Waals surface area contributed by atoms with Crippen molar-refractivity contribution in [1.82, 2.24) is 0 Å². The summed E-state index contributed by atoms with van der Waals surface area (Å²) >= 11 is 11.7. The molecule has 3 rings (SSSR count). The van der Waals surface area contributed by atoms with E-state index in [1.165, 1.54) is 36.4 Å². The summed E-state index contributed by atoms with van der Waals surface area (Å²) in [4.78, 5) is 0.292. The summed E-state index contributed by atoms with van der Waals surface area (Å²) in [5.41, 5.74) is 1.55. The van der Waals surface area contributed by atoms with Crippen LogP contribution in [-0.4, -0.2) is 19.3 Å². The lowest BCUT2D eigenvalue weighted by molar-refractivity contribution is 0.319. The lowest BCUT2D eigenvalue weighted by atomic mass is 10.0. The number of halogens is 2. The van der Waals surface area contributed by atoms with Gasteiger partial charge in [-0.05, 0) is 48.5 Å². The van der Waals surface area contributed by atoms with Crippen molar-refractivity contribution < 1.29 is 13.6 Å². The minimum Gasteiger partial charge on any atom is -0.410 e. The van der Waals surface area contributed by atoms with Crippen molar-refractivity contribution in [3.63, 3.8) is 0 Å². The topological polar surface area (TPSA) is 66.7 Å². The molecule has 0 fully saturated rings. The normalized spacial score (nSPS) is 12.2. The van der Waals surface area contributed by atoms with E-state index < -0.39 is 9.84 Å². The van der Waals surface area contributed by atoms with Crippen molar-refractivity contribution in [2.24, 2.45) is 5.16 Å². The van der Waals surface area contributed by atoms with Crippen LogP contribution < -0.4 is 0 Å². The molecule has 3 aromatic carbocycles. The van der Waals surface area contributed by atoms with Crippen LogP contribution in [0.3, 0.4) is 0 Å². The van der Waals surface area contributed by atoms with Crippen molar-refractivity contribution in [2.75, 3.05) is 0 Å². The van der Waals surface area contributed by atoms with Gasteiger partial charge in [0, 0.05) is 21.2 Å². The zero-order valence-corrected chi connectivity index (χ0v) is 15.6. The molecule has 0 spiro atoms. The fourth-order valence-electron chi connectivity index (χ4n) is 2.43. The van der Waals surface area contributed by atoms with Crippen LogP contribution in [0.25, 0.3) is 0 Å². The van der Waals surface area contributed by atoms with Gasteiger partial charge in [-0.25, -0.2) is 8.42 Å². The summed E-state index contributed by atoms with van der Waals surface area (Å²) in [5.74, 6) is 0. The number of hydrogen-bond donors (Lipinski definition) is 1. The molecule has 0 amide bonds. The first-order valence-electron chi connectivity index (χ1n) is 7.51. The van der Waals surface area contributed by atoms with Crippen LogP contribution in [0.1, 0.15) is 11.1 Å². The average Bonchev–Trinajstić information content (AvgIpc) is 2.65. The van der Waals surface area contributed by atoms with E-state index in [9.17, 15) is 13.6 Å². The van der Waals surface area contributed by atoms with Gasteiger partial charge in [0.25, 0.3) is 0 Å². The molecule has 4 nitrogen and oxygen atoms in total. The Bertz CT molecular complexity index is 1040. The highest BCUT2D eigenvalue weighted by Gasteiger charge is 2.18. The third-order valence-corrected chi connectivity index (χ3v) is 6.07. The smallest absolute Gasteiger partial charge is 0.206 e. The first-order chi connectivity index (χ1) is 12.4. The van der Waals surface area contributed by atoms with Crippen LogP contribution in [0.2, 0.25) is 10.0 Å². The van der Waals surface area contributed by atoms with E-state index in [1.807, 2.05) is 0 Å². The molecule has 0 unspecified atom stereocenters. The van der Waals surface area contributed by atoms with Crippen molar-refractivity contribution in [3.05, 3.63) is 94.0 Å². The van der Waals surface area contributed by atoms with E-state index in [0.29, 0.717) is 26.9 Å². The van der Waals surface area contributed by atoms with Crippen LogP contribution in [0.15, 0.2) is 87.7 Å². The number of benzene rings is 3. The molecule has 0 aromatic heterocycles. The van der Waals surface area contributed by atoms with E-state index in [2.05, 4.69) is 5.16 Å². The third-order valence-electron chi connectivity index (χ3n) is 3.78. The zero-order valence-electron chi connectivity index (χ0n) is 13.3. The highest BCUT2D eigenvalue weighted by atomic mass is 35.5. The van der Waals surface area contributed by atoms with Crippen LogP contribution >= 0.6 is 23.2 Å². The Kier molecular flexibility index (Phi) is 5.32. The van der Waals surface area contributed by atoms with Gasteiger partial charge in [0.2, 0.25) is 9.84 Å². The molecule has 26 heavy (non-hydrogen) atoms. The fourth-order valence-corrected chi connectivity index (χ4v) is 3.94. The van der Waals surface area contributed by atoms with Gasteiger partial charge in [-0.2, -0.15) is 0 Å². The van der Waals surface area contributed by atoms with Gasteiger partial charge in [-0.3, -0.25) is 0 Å². The Morgan fingerprint density at radius 1 is 0.692 bits per heavy atom. The van der Waals surface area contributed by atoms with Gasteiger partial charge < -0.3 is 5.21 Å². The summed E-state index contributed by atoms with van der Waals surface area (Å²) in [6.07, 6.45) is 0. The Balaban J connectivity index is 1.95. The van der Waals surface area contributed by atoms with Gasteiger partial charge in [0.1, 0.15) is 5.71 Å². The molecule has 0 heterocycles. The second-order valence-electron chi connectivity index (χ2n) is 5.44. The van der Waals surface area contributed by atoms with Gasteiger partial charge in [0.15, 0.2) is 0 Å². The molecule has 0 saturated carbocycles. The molecule has 1 N–H and O–H groups in total. The standard InChI is InChI=1S/C19H13Cl2NO3S/c20-15-5-1-13(2-6-15)19(22-23)14-3-9-17(10-4-14)26(24,25)18-11-7-16(21)8-12-18/h1-12,23H. The third kappa shape index (κ3) is 3.75. The van der Waals surface area contributed by atoms with Gasteiger partial charge in [-0.1, -0.05) is 52.6 Å². The fraction of sp³-hybridized carbons (Fsp3) is 0. The second-order valence-corrected chi connectivity index (χ2v) is 8.26. The van der Waals surface area contributed by atoms with Crippen LogP contribution in [0.4, 0.5) is 0 Å². The van der Waals surface area contributed by atoms with E-state index in [0.717, 1.165) is 0 Å². The molecule has 0 atom stereocenters. The summed E-state index contributed by atoms with van der Waals surface area (Å²) in [7, 11) is -3.65. The summed E-state index contributed by atoms with van der Waals surface area (Å²) in [5, 5.41) is 13.7. The quantitative estimate of drug-likeness (QED) is 0.375. The van der Waals surface area contributed by atoms with Gasteiger partial charge in [-0.15, -0.1) is 0 Å². The Labute approximate surface area is 161 Å². The number of sulfone groups is 1. The molecule has 0 bridgehead atoms. The molecule has 0 aliphatic carbocycles. The number of oxime groups is 1. The molecule has 0 aliphatic heterocycles. The SMILES string of the molecule is O=S(=O)(c1ccc(Cl)cc1)c1ccc(C(=NO)c2ccc(Cl)cc2)cc1.